The summed E-state index contributed by atoms with van der Waals surface area (Å²) in [5.74, 6) is 2.19. The van der Waals surface area contributed by atoms with E-state index in [2.05, 4.69) is 32.7 Å². The molecule has 1 saturated heterocycles. The minimum Gasteiger partial charge on any atom is -0.487 e. The summed E-state index contributed by atoms with van der Waals surface area (Å²) in [6.07, 6.45) is 3.83. The highest BCUT2D eigenvalue weighted by atomic mass is 16.5. The van der Waals surface area contributed by atoms with E-state index >= 15 is 0 Å². The molecule has 0 saturated carbocycles. The fourth-order valence-electron chi connectivity index (χ4n) is 3.10. The van der Waals surface area contributed by atoms with Crippen LogP contribution >= 0.6 is 0 Å². The van der Waals surface area contributed by atoms with E-state index in [1.54, 1.807) is 13.2 Å². The average Bonchev–Trinajstić information content (AvgIpc) is 3.32. The number of ether oxygens (including phenoxy) is 3. The first-order chi connectivity index (χ1) is 14.8. The summed E-state index contributed by atoms with van der Waals surface area (Å²) in [6, 6.07) is 13.9. The number of guanidine groups is 1. The SMILES string of the molecule is CN=C(NCCCOCC1CCOC1)NCc1ccc(OCc2ccccn2)cc1. The molecule has 2 aromatic rings. The van der Waals surface area contributed by atoms with Crippen LogP contribution in [0, 0.1) is 5.92 Å². The van der Waals surface area contributed by atoms with E-state index in [-0.39, 0.29) is 0 Å². The molecule has 0 amide bonds. The molecule has 7 nitrogen and oxygen atoms in total. The van der Waals surface area contributed by atoms with E-state index in [0.717, 1.165) is 68.8 Å². The van der Waals surface area contributed by atoms with E-state index in [9.17, 15) is 0 Å². The van der Waals surface area contributed by atoms with Crippen LogP contribution in [0.4, 0.5) is 0 Å². The molecular formula is C23H32N4O3. The fraction of sp³-hybridized carbons (Fsp3) is 0.478. The Kier molecular flexibility index (Phi) is 9.43. The number of pyridine rings is 1. The summed E-state index contributed by atoms with van der Waals surface area (Å²) >= 11 is 0. The summed E-state index contributed by atoms with van der Waals surface area (Å²) in [5, 5.41) is 6.65. The van der Waals surface area contributed by atoms with Gasteiger partial charge >= 0.3 is 0 Å². The number of aromatic nitrogens is 1. The van der Waals surface area contributed by atoms with Crippen LogP contribution in [0.15, 0.2) is 53.7 Å². The van der Waals surface area contributed by atoms with Crippen LogP contribution in [0.25, 0.3) is 0 Å². The van der Waals surface area contributed by atoms with Crippen molar-refractivity contribution in [1.29, 1.82) is 0 Å². The van der Waals surface area contributed by atoms with Gasteiger partial charge in [0.2, 0.25) is 0 Å². The minimum absolute atomic E-state index is 0.465. The summed E-state index contributed by atoms with van der Waals surface area (Å²) in [4.78, 5) is 8.53. The lowest BCUT2D eigenvalue weighted by Crippen LogP contribution is -2.37. The maximum absolute atomic E-state index is 5.77. The second-order valence-corrected chi connectivity index (χ2v) is 7.26. The summed E-state index contributed by atoms with van der Waals surface area (Å²) in [6.45, 7) is 5.24. The Morgan fingerprint density at radius 3 is 2.83 bits per heavy atom. The van der Waals surface area contributed by atoms with Crippen LogP contribution in [0.5, 0.6) is 5.75 Å². The van der Waals surface area contributed by atoms with E-state index in [0.29, 0.717) is 19.1 Å². The van der Waals surface area contributed by atoms with Gasteiger partial charge in [-0.3, -0.25) is 9.98 Å². The molecule has 1 atom stereocenters. The van der Waals surface area contributed by atoms with Gasteiger partial charge in [-0.1, -0.05) is 18.2 Å². The lowest BCUT2D eigenvalue weighted by atomic mass is 10.1. The van der Waals surface area contributed by atoms with Crippen molar-refractivity contribution in [3.8, 4) is 5.75 Å². The van der Waals surface area contributed by atoms with Gasteiger partial charge in [-0.15, -0.1) is 0 Å². The minimum atomic E-state index is 0.465. The summed E-state index contributed by atoms with van der Waals surface area (Å²) < 4.78 is 16.9. The third kappa shape index (κ3) is 8.00. The molecule has 1 aliphatic heterocycles. The van der Waals surface area contributed by atoms with E-state index in [4.69, 9.17) is 14.2 Å². The number of benzene rings is 1. The molecule has 1 aromatic heterocycles. The molecule has 1 fully saturated rings. The first-order valence-electron chi connectivity index (χ1n) is 10.5. The maximum atomic E-state index is 5.77. The van der Waals surface area contributed by atoms with Gasteiger partial charge in [-0.05, 0) is 42.7 Å². The lowest BCUT2D eigenvalue weighted by molar-refractivity contribution is 0.0888. The Labute approximate surface area is 178 Å². The molecule has 0 spiro atoms. The zero-order chi connectivity index (χ0) is 20.9. The van der Waals surface area contributed by atoms with Crippen molar-refractivity contribution >= 4 is 5.96 Å². The Balaban J connectivity index is 1.28. The molecule has 3 rings (SSSR count). The average molecular weight is 413 g/mol. The lowest BCUT2D eigenvalue weighted by Gasteiger charge is -2.13. The van der Waals surface area contributed by atoms with Gasteiger partial charge in [0.25, 0.3) is 0 Å². The molecule has 30 heavy (non-hydrogen) atoms. The molecule has 1 aromatic carbocycles. The van der Waals surface area contributed by atoms with Gasteiger partial charge in [0, 0.05) is 45.5 Å². The second-order valence-electron chi connectivity index (χ2n) is 7.26. The highest BCUT2D eigenvalue weighted by Gasteiger charge is 2.15. The summed E-state index contributed by atoms with van der Waals surface area (Å²) in [5.41, 5.74) is 2.07. The van der Waals surface area contributed by atoms with Crippen LogP contribution < -0.4 is 15.4 Å². The molecule has 2 N–H and O–H groups in total. The Morgan fingerprint density at radius 1 is 1.20 bits per heavy atom. The number of nitrogens with zero attached hydrogens (tertiary/aromatic N) is 2. The van der Waals surface area contributed by atoms with Gasteiger partial charge in [0.05, 0.1) is 18.9 Å². The number of aliphatic imine (C=N–C) groups is 1. The highest BCUT2D eigenvalue weighted by molar-refractivity contribution is 5.79. The predicted molar refractivity (Wildman–Crippen MR) is 118 cm³/mol. The molecule has 0 aliphatic carbocycles. The zero-order valence-electron chi connectivity index (χ0n) is 17.7. The van der Waals surface area contributed by atoms with E-state index < -0.39 is 0 Å². The smallest absolute Gasteiger partial charge is 0.191 e. The van der Waals surface area contributed by atoms with Crippen molar-refractivity contribution < 1.29 is 14.2 Å². The quantitative estimate of drug-likeness (QED) is 0.336. The van der Waals surface area contributed by atoms with Gasteiger partial charge < -0.3 is 24.8 Å². The number of hydrogen-bond donors (Lipinski definition) is 2. The second kappa shape index (κ2) is 12.8. The van der Waals surface area contributed by atoms with Crippen molar-refractivity contribution in [1.82, 2.24) is 15.6 Å². The monoisotopic (exact) mass is 412 g/mol. The van der Waals surface area contributed by atoms with E-state index in [1.807, 2.05) is 30.3 Å². The van der Waals surface area contributed by atoms with Gasteiger partial charge in [-0.25, -0.2) is 0 Å². The highest BCUT2D eigenvalue weighted by Crippen LogP contribution is 2.14. The molecule has 0 radical (unpaired) electrons. The van der Waals surface area contributed by atoms with Crippen molar-refractivity contribution in [2.24, 2.45) is 10.9 Å². The van der Waals surface area contributed by atoms with Crippen LogP contribution in [-0.4, -0.2) is 51.0 Å². The predicted octanol–water partition coefficient (Wildman–Crippen LogP) is 2.77. The van der Waals surface area contributed by atoms with E-state index in [1.165, 1.54) is 0 Å². The van der Waals surface area contributed by atoms with Crippen LogP contribution in [0.3, 0.4) is 0 Å². The molecule has 0 bridgehead atoms. The maximum Gasteiger partial charge on any atom is 0.191 e. The zero-order valence-corrected chi connectivity index (χ0v) is 17.7. The van der Waals surface area contributed by atoms with Crippen molar-refractivity contribution in [3.05, 3.63) is 59.9 Å². The summed E-state index contributed by atoms with van der Waals surface area (Å²) in [7, 11) is 1.78. The molecule has 2 heterocycles. The van der Waals surface area contributed by atoms with Crippen LogP contribution in [-0.2, 0) is 22.6 Å². The molecule has 1 unspecified atom stereocenters. The van der Waals surface area contributed by atoms with Gasteiger partial charge in [0.15, 0.2) is 5.96 Å². The topological polar surface area (TPSA) is 77.0 Å². The van der Waals surface area contributed by atoms with Crippen LogP contribution in [0.1, 0.15) is 24.1 Å². The normalized spacial score (nSPS) is 16.4. The van der Waals surface area contributed by atoms with Crippen molar-refractivity contribution in [3.63, 3.8) is 0 Å². The molecule has 162 valence electrons. The Morgan fingerprint density at radius 2 is 2.10 bits per heavy atom. The third-order valence-corrected chi connectivity index (χ3v) is 4.86. The molecule has 1 aliphatic rings. The first kappa shape index (κ1) is 22.1. The van der Waals surface area contributed by atoms with Crippen molar-refractivity contribution in [2.75, 3.05) is 40.0 Å². The molecule has 7 heteroatoms. The molecular weight excluding hydrogens is 380 g/mol. The standard InChI is InChI=1S/C23H32N4O3/c1-24-23(26-12-4-13-28-16-20-10-14-29-17-20)27-15-19-6-8-22(9-7-19)30-18-21-5-2-3-11-25-21/h2-3,5-9,11,20H,4,10,12-18H2,1H3,(H2,24,26,27). The first-order valence-corrected chi connectivity index (χ1v) is 10.5. The van der Waals surface area contributed by atoms with Crippen LogP contribution in [0.2, 0.25) is 0 Å². The number of rotatable bonds is 11. The number of nitrogens with one attached hydrogen (secondary N) is 2. The largest absolute Gasteiger partial charge is 0.487 e. The number of hydrogen-bond acceptors (Lipinski definition) is 5. The van der Waals surface area contributed by atoms with Gasteiger partial charge in [0.1, 0.15) is 12.4 Å². The fourth-order valence-corrected chi connectivity index (χ4v) is 3.10. The van der Waals surface area contributed by atoms with Gasteiger partial charge in [-0.2, -0.15) is 0 Å². The Hall–Kier alpha value is -2.64. The Bertz CT molecular complexity index is 747. The third-order valence-electron chi connectivity index (χ3n) is 4.86. The van der Waals surface area contributed by atoms with Crippen molar-refractivity contribution in [2.45, 2.75) is 26.0 Å².